The third-order valence-electron chi connectivity index (χ3n) is 5.69. The van der Waals surface area contributed by atoms with Crippen LogP contribution in [0.5, 0.6) is 11.5 Å². The Morgan fingerprint density at radius 1 is 1.29 bits per heavy atom. The highest BCUT2D eigenvalue weighted by Crippen LogP contribution is 2.37. The highest BCUT2D eigenvalue weighted by atomic mass is 127. The van der Waals surface area contributed by atoms with Gasteiger partial charge in [0.05, 0.1) is 29.9 Å². The first kappa shape index (κ1) is 28.3. The number of carbonyl (C=O) groups excluding carboxylic acids is 2. The quantitative estimate of drug-likeness (QED) is 0.289. The summed E-state index contributed by atoms with van der Waals surface area (Å²) in [6.07, 6.45) is 0.441. The fourth-order valence-corrected chi connectivity index (χ4v) is 4.64. The van der Waals surface area contributed by atoms with Crippen molar-refractivity contribution in [1.29, 1.82) is 0 Å². The number of aliphatic hydroxyl groups excluding tert-OH is 3. The molecule has 0 saturated heterocycles. The molecule has 1 aliphatic carbocycles. The summed E-state index contributed by atoms with van der Waals surface area (Å²) in [6.45, 7) is 5.72. The van der Waals surface area contributed by atoms with Crippen molar-refractivity contribution in [3.05, 3.63) is 32.9 Å². The van der Waals surface area contributed by atoms with Gasteiger partial charge in [-0.05, 0) is 58.7 Å². The van der Waals surface area contributed by atoms with E-state index in [2.05, 4.69) is 41.8 Å². The number of nitrogens with zero attached hydrogens (tertiary/aromatic N) is 1. The van der Waals surface area contributed by atoms with E-state index in [-0.39, 0.29) is 38.0 Å². The lowest BCUT2D eigenvalue weighted by atomic mass is 9.88. The van der Waals surface area contributed by atoms with E-state index in [1.165, 1.54) is 14.0 Å². The number of benzene rings is 1. The smallest absolute Gasteiger partial charge is 0.247 e. The zero-order chi connectivity index (χ0) is 25.4. The number of hydrogen-bond acceptors (Lipinski definition) is 7. The monoisotopic (exact) mass is 590 g/mol. The second-order valence-electron chi connectivity index (χ2n) is 8.68. The maximum Gasteiger partial charge on any atom is 0.247 e. The van der Waals surface area contributed by atoms with Crippen molar-refractivity contribution >= 4 is 34.4 Å². The van der Waals surface area contributed by atoms with E-state index in [0.717, 1.165) is 6.42 Å². The molecule has 0 bridgehead atoms. The zero-order valence-electron chi connectivity index (χ0n) is 20.1. The van der Waals surface area contributed by atoms with Gasteiger partial charge in [0.1, 0.15) is 12.2 Å². The lowest BCUT2D eigenvalue weighted by Gasteiger charge is -2.40. The average Bonchev–Trinajstić information content (AvgIpc) is 2.79. The molecule has 0 fully saturated rings. The van der Waals surface area contributed by atoms with Gasteiger partial charge in [-0.25, -0.2) is 0 Å². The van der Waals surface area contributed by atoms with Gasteiger partial charge < -0.3 is 35.0 Å². The van der Waals surface area contributed by atoms with Crippen molar-refractivity contribution < 1.29 is 34.4 Å². The van der Waals surface area contributed by atoms with E-state index in [1.807, 2.05) is 0 Å². The molecule has 10 heteroatoms. The molecule has 0 spiro atoms. The number of carbonyl (C=O) groups is 2. The van der Waals surface area contributed by atoms with Gasteiger partial charge in [-0.15, -0.1) is 0 Å². The number of hydrogen-bond donors (Lipinski definition) is 4. The molecule has 4 N–H and O–H groups in total. The Kier molecular flexibility index (Phi) is 11.1. The topological polar surface area (TPSA) is 129 Å². The van der Waals surface area contributed by atoms with Crippen molar-refractivity contribution in [2.24, 2.45) is 5.92 Å². The molecule has 1 aliphatic rings. The summed E-state index contributed by atoms with van der Waals surface area (Å²) in [4.78, 5) is 26.9. The number of amides is 2. The number of methoxy groups -OCH3 is 1. The van der Waals surface area contributed by atoms with Gasteiger partial charge in [-0.3, -0.25) is 9.59 Å². The zero-order valence-corrected chi connectivity index (χ0v) is 22.2. The van der Waals surface area contributed by atoms with Crippen LogP contribution in [0.3, 0.4) is 0 Å². The van der Waals surface area contributed by atoms with Gasteiger partial charge in [0.25, 0.3) is 0 Å². The lowest BCUT2D eigenvalue weighted by molar-refractivity contribution is -0.136. The summed E-state index contributed by atoms with van der Waals surface area (Å²) < 4.78 is 12.3. The minimum absolute atomic E-state index is 0.0903. The molecule has 0 saturated carbocycles. The van der Waals surface area contributed by atoms with E-state index >= 15 is 0 Å². The van der Waals surface area contributed by atoms with Gasteiger partial charge in [0.15, 0.2) is 11.5 Å². The van der Waals surface area contributed by atoms with Gasteiger partial charge in [0.2, 0.25) is 11.8 Å². The lowest BCUT2D eigenvalue weighted by Crippen LogP contribution is -2.55. The van der Waals surface area contributed by atoms with Crippen LogP contribution in [0.15, 0.2) is 23.8 Å². The Hall–Kier alpha value is -1.89. The summed E-state index contributed by atoms with van der Waals surface area (Å²) in [5.74, 6) is 0.526. The SMILES string of the molecule is COc1cc(CO)cc(I)c1O[C@H]1C=C(C(=O)NCCO)C[C@@H](N(CCC(C)C)C(C)=O)[C@@H]1O. The molecule has 0 aliphatic heterocycles. The van der Waals surface area contributed by atoms with Crippen molar-refractivity contribution in [2.75, 3.05) is 26.8 Å². The molecule has 9 nitrogen and oxygen atoms in total. The summed E-state index contributed by atoms with van der Waals surface area (Å²) in [7, 11) is 1.48. The number of halogens is 1. The fourth-order valence-electron chi connectivity index (χ4n) is 3.85. The number of rotatable bonds is 11. The first-order valence-corrected chi connectivity index (χ1v) is 12.4. The molecule has 3 atom stereocenters. The van der Waals surface area contributed by atoms with Crippen LogP contribution in [0.25, 0.3) is 0 Å². The molecule has 0 unspecified atom stereocenters. The molecule has 34 heavy (non-hydrogen) atoms. The third kappa shape index (κ3) is 7.30. The Balaban J connectivity index is 2.45. The Morgan fingerprint density at radius 3 is 2.56 bits per heavy atom. The normalized spacial score (nSPS) is 20.0. The molecule has 1 aromatic rings. The highest BCUT2D eigenvalue weighted by Gasteiger charge is 2.40. The maximum absolute atomic E-state index is 12.8. The minimum Gasteiger partial charge on any atom is -0.493 e. The standard InChI is InChI=1S/C24H35IN2O7/c1-14(2)5-7-27(15(3)30)19-11-17(24(32)26-6-8-28)12-20(22(19)31)34-23-18(25)9-16(13-29)10-21(23)33-4/h9-10,12,14,19-20,22,28-29,31H,5-8,11,13H2,1-4H3,(H,26,32)/t19-,20+,22+/m1/s1. The van der Waals surface area contributed by atoms with Crippen LogP contribution in [0, 0.1) is 9.49 Å². The Bertz CT molecular complexity index is 890. The summed E-state index contributed by atoms with van der Waals surface area (Å²) in [5.41, 5.74) is 1.01. The van der Waals surface area contributed by atoms with E-state index < -0.39 is 18.2 Å². The molecule has 0 radical (unpaired) electrons. The molecule has 190 valence electrons. The van der Waals surface area contributed by atoms with Crippen molar-refractivity contribution in [3.8, 4) is 11.5 Å². The summed E-state index contributed by atoms with van der Waals surface area (Å²) in [5, 5.41) is 32.5. The second kappa shape index (κ2) is 13.3. The van der Waals surface area contributed by atoms with Crippen LogP contribution in [-0.2, 0) is 16.2 Å². The van der Waals surface area contributed by atoms with Crippen molar-refractivity contribution in [2.45, 2.75) is 58.5 Å². The van der Waals surface area contributed by atoms with Gasteiger partial charge in [0, 0.05) is 32.0 Å². The predicted octanol–water partition coefficient (Wildman–Crippen LogP) is 1.60. The first-order chi connectivity index (χ1) is 16.1. The summed E-state index contributed by atoms with van der Waals surface area (Å²) in [6, 6.07) is 2.73. The van der Waals surface area contributed by atoms with Crippen LogP contribution in [0.1, 0.15) is 39.2 Å². The number of nitrogens with one attached hydrogen (secondary N) is 1. The van der Waals surface area contributed by atoms with Gasteiger partial charge >= 0.3 is 0 Å². The van der Waals surface area contributed by atoms with Crippen LogP contribution in [0.4, 0.5) is 0 Å². The molecule has 1 aromatic carbocycles. The van der Waals surface area contributed by atoms with Crippen LogP contribution in [-0.4, -0.2) is 77.1 Å². The van der Waals surface area contributed by atoms with Gasteiger partial charge in [-0.2, -0.15) is 0 Å². The van der Waals surface area contributed by atoms with Crippen molar-refractivity contribution in [1.82, 2.24) is 10.2 Å². The number of aliphatic hydroxyl groups is 3. The summed E-state index contributed by atoms with van der Waals surface area (Å²) >= 11 is 2.06. The molecule has 0 aromatic heterocycles. The first-order valence-electron chi connectivity index (χ1n) is 11.3. The minimum atomic E-state index is -1.09. The number of ether oxygens (including phenoxy) is 2. The predicted molar refractivity (Wildman–Crippen MR) is 135 cm³/mol. The van der Waals surface area contributed by atoms with Gasteiger partial charge in [-0.1, -0.05) is 13.8 Å². The van der Waals surface area contributed by atoms with Crippen LogP contribution >= 0.6 is 22.6 Å². The molecule has 2 rings (SSSR count). The molecule has 2 amide bonds. The third-order valence-corrected chi connectivity index (χ3v) is 6.49. The van der Waals surface area contributed by atoms with E-state index in [1.54, 1.807) is 23.1 Å². The fraction of sp³-hybridized carbons (Fsp3) is 0.583. The Morgan fingerprint density at radius 2 is 2.00 bits per heavy atom. The van der Waals surface area contributed by atoms with E-state index in [9.17, 15) is 19.8 Å². The largest absolute Gasteiger partial charge is 0.493 e. The molecular weight excluding hydrogens is 555 g/mol. The Labute approximate surface area is 214 Å². The highest BCUT2D eigenvalue weighted by molar-refractivity contribution is 14.1. The van der Waals surface area contributed by atoms with E-state index in [4.69, 9.17) is 14.6 Å². The average molecular weight is 590 g/mol. The van der Waals surface area contributed by atoms with Crippen LogP contribution < -0.4 is 14.8 Å². The van der Waals surface area contributed by atoms with Crippen molar-refractivity contribution in [3.63, 3.8) is 0 Å². The second-order valence-corrected chi connectivity index (χ2v) is 9.84. The van der Waals surface area contributed by atoms with Crippen LogP contribution in [0.2, 0.25) is 0 Å². The molecular formula is C24H35IN2O7. The maximum atomic E-state index is 12.8. The van der Waals surface area contributed by atoms with E-state index in [0.29, 0.717) is 38.7 Å². The molecule has 0 heterocycles.